The Morgan fingerprint density at radius 1 is 1.27 bits per heavy atom. The molecular weight excluding hydrogens is 374 g/mol. The van der Waals surface area contributed by atoms with Crippen molar-refractivity contribution in [3.8, 4) is 0 Å². The number of nitrogens with zero attached hydrogens (tertiary/aromatic N) is 4. The number of hydrogen-bond acceptors (Lipinski definition) is 5. The molecule has 6 heteroatoms. The smallest absolute Gasteiger partial charge is 0.254 e. The molecule has 1 aromatic heterocycles. The zero-order chi connectivity index (χ0) is 22.3. The zero-order valence-corrected chi connectivity index (χ0v) is 19.5. The lowest BCUT2D eigenvalue weighted by Crippen LogP contribution is -2.38. The van der Waals surface area contributed by atoms with E-state index in [2.05, 4.69) is 49.7 Å². The molecule has 1 aliphatic heterocycles. The number of aromatic nitrogens is 2. The molecule has 0 radical (unpaired) electrons. The van der Waals surface area contributed by atoms with E-state index in [-0.39, 0.29) is 16.9 Å². The molecule has 2 aliphatic rings. The molecule has 0 atom stereocenters. The molecule has 0 saturated heterocycles. The number of amides is 1. The first-order valence-electron chi connectivity index (χ1n) is 10.7. The minimum Gasteiger partial charge on any atom is -0.365 e. The molecule has 1 saturated carbocycles. The van der Waals surface area contributed by atoms with Crippen molar-refractivity contribution in [3.63, 3.8) is 0 Å². The molecule has 2 heterocycles. The van der Waals surface area contributed by atoms with Crippen LogP contribution in [0.2, 0.25) is 0 Å². The summed E-state index contributed by atoms with van der Waals surface area (Å²) < 4.78 is 0. The van der Waals surface area contributed by atoms with Gasteiger partial charge >= 0.3 is 0 Å². The van der Waals surface area contributed by atoms with Crippen LogP contribution >= 0.6 is 0 Å². The normalized spacial score (nSPS) is 18.2. The number of rotatable bonds is 5. The quantitative estimate of drug-likeness (QED) is 0.452. The van der Waals surface area contributed by atoms with Crippen molar-refractivity contribution >= 4 is 12.6 Å². The van der Waals surface area contributed by atoms with Crippen molar-refractivity contribution in [3.05, 3.63) is 45.8 Å². The molecule has 1 aliphatic carbocycles. The molecule has 0 bridgehead atoms. The van der Waals surface area contributed by atoms with E-state index < -0.39 is 0 Å². The summed E-state index contributed by atoms with van der Waals surface area (Å²) in [4.78, 5) is 29.0. The van der Waals surface area contributed by atoms with Crippen molar-refractivity contribution in [1.29, 1.82) is 0 Å². The Hall–Kier alpha value is -2.50. The van der Waals surface area contributed by atoms with Crippen LogP contribution in [0.4, 0.5) is 0 Å². The highest BCUT2D eigenvalue weighted by molar-refractivity contribution is 5.98. The fourth-order valence-corrected chi connectivity index (χ4v) is 3.73. The molecule has 1 fully saturated rings. The third kappa shape index (κ3) is 4.63. The summed E-state index contributed by atoms with van der Waals surface area (Å²) in [5.41, 5.74) is 4.62. The average molecular weight is 410 g/mol. The van der Waals surface area contributed by atoms with Crippen LogP contribution in [0.15, 0.2) is 33.7 Å². The van der Waals surface area contributed by atoms with Gasteiger partial charge in [-0.3, -0.25) is 4.79 Å². The first-order valence-corrected chi connectivity index (χ1v) is 10.7. The maximum absolute atomic E-state index is 13.5. The van der Waals surface area contributed by atoms with Crippen LogP contribution in [-0.4, -0.2) is 39.6 Å². The van der Waals surface area contributed by atoms with Gasteiger partial charge in [0.05, 0.1) is 5.69 Å². The average Bonchev–Trinajstić information content (AvgIpc) is 3.41. The van der Waals surface area contributed by atoms with Crippen LogP contribution in [0.3, 0.4) is 0 Å². The first kappa shape index (κ1) is 22.2. The fraction of sp³-hybridized carbons (Fsp3) is 0.583. The second-order valence-electron chi connectivity index (χ2n) is 10.1. The van der Waals surface area contributed by atoms with E-state index in [1.54, 1.807) is 0 Å². The van der Waals surface area contributed by atoms with Gasteiger partial charge in [0.1, 0.15) is 11.6 Å². The van der Waals surface area contributed by atoms with Gasteiger partial charge in [0.15, 0.2) is 0 Å². The van der Waals surface area contributed by atoms with E-state index in [9.17, 15) is 4.79 Å². The van der Waals surface area contributed by atoms with Gasteiger partial charge in [-0.25, -0.2) is 15.0 Å². The van der Waals surface area contributed by atoms with Crippen molar-refractivity contribution < 1.29 is 4.79 Å². The van der Waals surface area contributed by atoms with Gasteiger partial charge < -0.3 is 10.2 Å². The minimum absolute atomic E-state index is 0.0296. The summed E-state index contributed by atoms with van der Waals surface area (Å²) in [6.45, 7) is 19.3. The maximum Gasteiger partial charge on any atom is 0.254 e. The van der Waals surface area contributed by atoms with E-state index >= 15 is 0 Å². The van der Waals surface area contributed by atoms with Crippen LogP contribution in [0.25, 0.3) is 0 Å². The molecule has 0 unspecified atom stereocenters. The molecule has 6 nitrogen and oxygen atoms in total. The summed E-state index contributed by atoms with van der Waals surface area (Å²) in [5, 5.41) is 3.47. The van der Waals surface area contributed by atoms with Gasteiger partial charge in [0.2, 0.25) is 0 Å². The molecule has 1 amide bonds. The highest BCUT2D eigenvalue weighted by Gasteiger charge is 2.38. The van der Waals surface area contributed by atoms with Crippen LogP contribution in [-0.2, 0) is 23.2 Å². The van der Waals surface area contributed by atoms with Crippen molar-refractivity contribution in [2.75, 3.05) is 6.54 Å². The van der Waals surface area contributed by atoms with Crippen LogP contribution in [0.1, 0.15) is 78.4 Å². The van der Waals surface area contributed by atoms with Crippen LogP contribution in [0.5, 0.6) is 0 Å². The van der Waals surface area contributed by atoms with Gasteiger partial charge in [-0.1, -0.05) is 26.3 Å². The standard InChI is InChI=1S/C24H35N5O/c1-15(2)19(16(3)20(25-8)28-24(7)10-11-24)21(30)29-12-9-18-17(14-29)13-26-22(27-18)23(4,5)6/h13,28H,8-12,14H2,1-7H3/b20-16-. The Bertz CT molecular complexity index is 927. The largest absolute Gasteiger partial charge is 0.365 e. The van der Waals surface area contributed by atoms with E-state index in [1.807, 2.05) is 31.9 Å². The molecule has 30 heavy (non-hydrogen) atoms. The number of hydrogen-bond donors (Lipinski definition) is 1. The van der Waals surface area contributed by atoms with E-state index in [0.29, 0.717) is 24.5 Å². The fourth-order valence-electron chi connectivity index (χ4n) is 3.73. The Morgan fingerprint density at radius 2 is 1.93 bits per heavy atom. The molecule has 0 aromatic carbocycles. The predicted molar refractivity (Wildman–Crippen MR) is 121 cm³/mol. The van der Waals surface area contributed by atoms with E-state index in [1.165, 1.54) is 0 Å². The van der Waals surface area contributed by atoms with Crippen LogP contribution in [0, 0.1) is 0 Å². The third-order valence-electron chi connectivity index (χ3n) is 5.91. The number of fused-ring (bicyclic) bond motifs is 1. The lowest BCUT2D eigenvalue weighted by molar-refractivity contribution is -0.127. The SMILES string of the molecule is C=N/C(NC1(C)CC1)=C(\C)C(C(=O)N1CCc2nc(C(C)(C)C)ncc2C1)=C(C)C. The third-order valence-corrected chi connectivity index (χ3v) is 5.91. The lowest BCUT2D eigenvalue weighted by Gasteiger charge is -2.31. The predicted octanol–water partition coefficient (Wildman–Crippen LogP) is 4.07. The van der Waals surface area contributed by atoms with Gasteiger partial charge in [0.25, 0.3) is 5.91 Å². The molecule has 1 N–H and O–H groups in total. The van der Waals surface area contributed by atoms with E-state index in [4.69, 9.17) is 4.98 Å². The maximum atomic E-state index is 13.5. The van der Waals surface area contributed by atoms with Crippen molar-refractivity contribution in [2.24, 2.45) is 4.99 Å². The highest BCUT2D eigenvalue weighted by Crippen LogP contribution is 2.36. The first-order chi connectivity index (χ1) is 13.9. The number of aliphatic imine (C=N–C) groups is 1. The lowest BCUT2D eigenvalue weighted by atomic mass is 9.94. The number of carbonyl (C=O) groups is 1. The molecule has 162 valence electrons. The second-order valence-corrected chi connectivity index (χ2v) is 10.1. The topological polar surface area (TPSA) is 70.5 Å². The zero-order valence-electron chi connectivity index (χ0n) is 19.5. The summed E-state index contributed by atoms with van der Waals surface area (Å²) in [6, 6.07) is 0. The summed E-state index contributed by atoms with van der Waals surface area (Å²) >= 11 is 0. The Labute approximate surface area is 180 Å². The number of carbonyl (C=O) groups excluding carboxylic acids is 1. The van der Waals surface area contributed by atoms with Crippen molar-refractivity contribution in [1.82, 2.24) is 20.2 Å². The Morgan fingerprint density at radius 3 is 2.47 bits per heavy atom. The van der Waals surface area contributed by atoms with E-state index in [0.717, 1.165) is 47.5 Å². The van der Waals surface area contributed by atoms with Gasteiger partial charge in [0, 0.05) is 53.4 Å². The van der Waals surface area contributed by atoms with Gasteiger partial charge in [-0.15, -0.1) is 0 Å². The number of nitrogens with one attached hydrogen (secondary N) is 1. The van der Waals surface area contributed by atoms with Gasteiger partial charge in [-0.05, 0) is 47.3 Å². The molecule has 1 aromatic rings. The highest BCUT2D eigenvalue weighted by atomic mass is 16.2. The monoisotopic (exact) mass is 409 g/mol. The van der Waals surface area contributed by atoms with Crippen molar-refractivity contribution in [2.45, 2.75) is 85.2 Å². The summed E-state index contributed by atoms with van der Waals surface area (Å²) in [6.07, 6.45) is 4.85. The second kappa shape index (κ2) is 7.97. The molecular formula is C24H35N5O. The Kier molecular flexibility index (Phi) is 5.89. The number of allylic oxidation sites excluding steroid dienone is 1. The summed E-state index contributed by atoms with van der Waals surface area (Å²) in [7, 11) is 0. The van der Waals surface area contributed by atoms with Gasteiger partial charge in [-0.2, -0.15) is 0 Å². The van der Waals surface area contributed by atoms with Crippen LogP contribution < -0.4 is 5.32 Å². The Balaban J connectivity index is 1.86. The minimum atomic E-state index is -0.0849. The molecule has 0 spiro atoms. The molecule has 3 rings (SSSR count). The summed E-state index contributed by atoms with van der Waals surface area (Å²) in [5.74, 6) is 1.59.